The van der Waals surface area contributed by atoms with E-state index in [0.717, 1.165) is 25.8 Å². The second-order valence-electron chi connectivity index (χ2n) is 5.60. The van der Waals surface area contributed by atoms with Crippen molar-refractivity contribution in [1.29, 1.82) is 5.26 Å². The summed E-state index contributed by atoms with van der Waals surface area (Å²) >= 11 is 0. The highest BCUT2D eigenvalue weighted by atomic mass is 35.5. The van der Waals surface area contributed by atoms with Crippen LogP contribution in [0.5, 0.6) is 5.75 Å². The van der Waals surface area contributed by atoms with Gasteiger partial charge in [-0.2, -0.15) is 5.26 Å². The maximum absolute atomic E-state index is 12.9. The highest BCUT2D eigenvalue weighted by Gasteiger charge is 2.22. The SMILES string of the molecule is CNCCCCCOc1ccc(C#N)cc1S(=O)(=O)c1ccccc1.Cl. The fourth-order valence-electron chi connectivity index (χ4n) is 2.40. The van der Waals surface area contributed by atoms with Gasteiger partial charge in [0.15, 0.2) is 0 Å². The van der Waals surface area contributed by atoms with E-state index in [0.29, 0.717) is 6.61 Å². The Morgan fingerprint density at radius 3 is 2.46 bits per heavy atom. The van der Waals surface area contributed by atoms with Gasteiger partial charge in [0, 0.05) is 0 Å². The van der Waals surface area contributed by atoms with E-state index in [9.17, 15) is 8.42 Å². The molecule has 0 fully saturated rings. The van der Waals surface area contributed by atoms with E-state index in [2.05, 4.69) is 5.32 Å². The van der Waals surface area contributed by atoms with Gasteiger partial charge in [0.25, 0.3) is 0 Å². The van der Waals surface area contributed by atoms with Crippen molar-refractivity contribution in [2.75, 3.05) is 20.2 Å². The van der Waals surface area contributed by atoms with Gasteiger partial charge in [-0.25, -0.2) is 8.42 Å². The average molecular weight is 395 g/mol. The second-order valence-corrected chi connectivity index (χ2v) is 7.52. The molecule has 2 aromatic carbocycles. The molecule has 0 saturated carbocycles. The van der Waals surface area contributed by atoms with E-state index in [4.69, 9.17) is 10.00 Å². The van der Waals surface area contributed by atoms with Crippen molar-refractivity contribution in [3.63, 3.8) is 0 Å². The van der Waals surface area contributed by atoms with E-state index in [1.807, 2.05) is 13.1 Å². The smallest absolute Gasteiger partial charge is 0.210 e. The fourth-order valence-corrected chi connectivity index (χ4v) is 3.84. The number of nitriles is 1. The van der Waals surface area contributed by atoms with Gasteiger partial charge in [-0.3, -0.25) is 0 Å². The zero-order valence-electron chi connectivity index (χ0n) is 14.6. The first-order valence-electron chi connectivity index (χ1n) is 8.21. The van der Waals surface area contributed by atoms with Crippen LogP contribution in [0.25, 0.3) is 0 Å². The monoisotopic (exact) mass is 394 g/mol. The highest BCUT2D eigenvalue weighted by molar-refractivity contribution is 7.91. The van der Waals surface area contributed by atoms with Crippen LogP contribution in [0.3, 0.4) is 0 Å². The number of hydrogen-bond acceptors (Lipinski definition) is 5. The van der Waals surface area contributed by atoms with Crippen molar-refractivity contribution in [3.8, 4) is 11.8 Å². The van der Waals surface area contributed by atoms with Gasteiger partial charge in [0.1, 0.15) is 10.6 Å². The lowest BCUT2D eigenvalue weighted by Gasteiger charge is -2.12. The predicted molar refractivity (Wildman–Crippen MR) is 104 cm³/mol. The summed E-state index contributed by atoms with van der Waals surface area (Å²) in [5, 5.41) is 12.2. The molecule has 0 aromatic heterocycles. The second kappa shape index (κ2) is 10.8. The number of rotatable bonds is 9. The summed E-state index contributed by atoms with van der Waals surface area (Å²) in [7, 11) is -1.83. The quantitative estimate of drug-likeness (QED) is 0.657. The highest BCUT2D eigenvalue weighted by Crippen LogP contribution is 2.30. The third-order valence-electron chi connectivity index (χ3n) is 3.74. The van der Waals surface area contributed by atoms with Crippen LogP contribution in [-0.2, 0) is 9.84 Å². The lowest BCUT2D eigenvalue weighted by atomic mass is 10.2. The molecular formula is C19H23ClN2O3S. The largest absolute Gasteiger partial charge is 0.492 e. The summed E-state index contributed by atoms with van der Waals surface area (Å²) < 4.78 is 31.5. The summed E-state index contributed by atoms with van der Waals surface area (Å²) in [5.41, 5.74) is 0.288. The number of sulfone groups is 1. The standard InChI is InChI=1S/C19H22N2O3S.ClH/c1-21-12-6-3-7-13-24-18-11-10-16(15-20)14-19(18)25(22,23)17-8-4-2-5-9-17;/h2,4-5,8-11,14,21H,3,6-7,12-13H2,1H3;1H. The number of ether oxygens (including phenoxy) is 1. The molecule has 1 N–H and O–H groups in total. The fraction of sp³-hybridized carbons (Fsp3) is 0.316. The van der Waals surface area contributed by atoms with E-state index in [-0.39, 0.29) is 33.5 Å². The molecule has 0 aliphatic heterocycles. The molecule has 0 amide bonds. The van der Waals surface area contributed by atoms with Gasteiger partial charge < -0.3 is 10.1 Å². The molecule has 7 heteroatoms. The third-order valence-corrected chi connectivity index (χ3v) is 5.54. The lowest BCUT2D eigenvalue weighted by molar-refractivity contribution is 0.297. The Morgan fingerprint density at radius 1 is 1.08 bits per heavy atom. The molecule has 26 heavy (non-hydrogen) atoms. The summed E-state index contributed by atoms with van der Waals surface area (Å²) in [6, 6.07) is 14.7. The van der Waals surface area contributed by atoms with Crippen LogP contribution < -0.4 is 10.1 Å². The summed E-state index contributed by atoms with van der Waals surface area (Å²) in [6.45, 7) is 1.39. The Morgan fingerprint density at radius 2 is 1.81 bits per heavy atom. The van der Waals surface area contributed by atoms with Crippen LogP contribution in [0, 0.1) is 11.3 Å². The minimum atomic E-state index is -3.74. The first-order valence-corrected chi connectivity index (χ1v) is 9.69. The van der Waals surface area contributed by atoms with E-state index >= 15 is 0 Å². The van der Waals surface area contributed by atoms with Gasteiger partial charge >= 0.3 is 0 Å². The molecule has 0 aliphatic carbocycles. The molecular weight excluding hydrogens is 372 g/mol. The van der Waals surface area contributed by atoms with Gasteiger partial charge in [-0.15, -0.1) is 12.4 Å². The van der Waals surface area contributed by atoms with Crippen LogP contribution >= 0.6 is 12.4 Å². The van der Waals surface area contributed by atoms with Gasteiger partial charge in [-0.05, 0) is 63.2 Å². The molecule has 2 aromatic rings. The maximum Gasteiger partial charge on any atom is 0.210 e. The summed E-state index contributed by atoms with van der Waals surface area (Å²) in [5.74, 6) is 0.288. The summed E-state index contributed by atoms with van der Waals surface area (Å²) in [4.78, 5) is 0.219. The molecule has 0 heterocycles. The number of benzene rings is 2. The molecule has 0 bridgehead atoms. The van der Waals surface area contributed by atoms with Crippen molar-refractivity contribution in [3.05, 3.63) is 54.1 Å². The molecule has 0 unspecified atom stereocenters. The van der Waals surface area contributed by atoms with Crippen molar-refractivity contribution in [2.24, 2.45) is 0 Å². The molecule has 5 nitrogen and oxygen atoms in total. The number of halogens is 1. The lowest BCUT2D eigenvalue weighted by Crippen LogP contribution is -2.09. The zero-order chi connectivity index (χ0) is 18.1. The first-order chi connectivity index (χ1) is 12.1. The Bertz CT molecular complexity index is 834. The minimum Gasteiger partial charge on any atom is -0.492 e. The Kier molecular flexibility index (Phi) is 9.14. The Hall–Kier alpha value is -2.07. The summed E-state index contributed by atoms with van der Waals surface area (Å²) in [6.07, 6.45) is 2.88. The van der Waals surface area contributed by atoms with Crippen LogP contribution in [0.2, 0.25) is 0 Å². The number of unbranched alkanes of at least 4 members (excludes halogenated alkanes) is 2. The zero-order valence-corrected chi connectivity index (χ0v) is 16.3. The van der Waals surface area contributed by atoms with Crippen LogP contribution in [0.4, 0.5) is 0 Å². The first kappa shape index (κ1) is 22.0. The van der Waals surface area contributed by atoms with Crippen molar-refractivity contribution >= 4 is 22.2 Å². The average Bonchev–Trinajstić information content (AvgIpc) is 2.65. The van der Waals surface area contributed by atoms with Crippen LogP contribution in [0.1, 0.15) is 24.8 Å². The molecule has 0 atom stereocenters. The molecule has 140 valence electrons. The Labute approximate surface area is 161 Å². The maximum atomic E-state index is 12.9. The third kappa shape index (κ3) is 5.73. The number of hydrogen-bond donors (Lipinski definition) is 1. The van der Waals surface area contributed by atoms with Crippen molar-refractivity contribution in [1.82, 2.24) is 5.32 Å². The van der Waals surface area contributed by atoms with E-state index < -0.39 is 9.84 Å². The number of nitrogens with zero attached hydrogens (tertiary/aromatic N) is 1. The molecule has 2 rings (SSSR count). The van der Waals surface area contributed by atoms with Crippen molar-refractivity contribution in [2.45, 2.75) is 29.1 Å². The van der Waals surface area contributed by atoms with Gasteiger partial charge in [-0.1, -0.05) is 18.2 Å². The normalized spacial score (nSPS) is 10.6. The van der Waals surface area contributed by atoms with Gasteiger partial charge in [0.2, 0.25) is 9.84 Å². The predicted octanol–water partition coefficient (Wildman–Crippen LogP) is 3.58. The van der Waals surface area contributed by atoms with Crippen LogP contribution in [-0.4, -0.2) is 28.6 Å². The van der Waals surface area contributed by atoms with E-state index in [1.54, 1.807) is 30.3 Å². The van der Waals surface area contributed by atoms with Crippen molar-refractivity contribution < 1.29 is 13.2 Å². The van der Waals surface area contributed by atoms with Crippen LogP contribution in [0.15, 0.2) is 58.3 Å². The van der Waals surface area contributed by atoms with E-state index in [1.165, 1.54) is 18.2 Å². The number of nitrogens with one attached hydrogen (secondary N) is 1. The Balaban J connectivity index is 0.00000338. The van der Waals surface area contributed by atoms with Gasteiger partial charge in [0.05, 0.1) is 23.1 Å². The molecule has 0 saturated heterocycles. The minimum absolute atomic E-state index is 0. The topological polar surface area (TPSA) is 79.2 Å². The molecule has 0 spiro atoms. The molecule has 0 aliphatic rings. The molecule has 0 radical (unpaired) electrons.